The highest BCUT2D eigenvalue weighted by atomic mass is 16.7. The number of methoxy groups -OCH3 is 1. The number of nitrogens with zero attached hydrogens (tertiary/aromatic N) is 1. The van der Waals surface area contributed by atoms with Crippen LogP contribution in [-0.4, -0.2) is 74.0 Å². The van der Waals surface area contributed by atoms with Crippen LogP contribution in [0.25, 0.3) is 0 Å². The van der Waals surface area contributed by atoms with Crippen LogP contribution >= 0.6 is 0 Å². The van der Waals surface area contributed by atoms with Crippen LogP contribution in [0.5, 0.6) is 5.75 Å². The minimum Gasteiger partial charge on any atom is -0.491 e. The Morgan fingerprint density at radius 2 is 1.93 bits per heavy atom. The Bertz CT molecular complexity index is 749. The monoisotopic (exact) mass is 420 g/mol. The lowest BCUT2D eigenvalue weighted by Gasteiger charge is -2.23. The molecule has 0 radical (unpaired) electrons. The topological polar surface area (TPSA) is 103 Å². The normalized spacial score (nSPS) is 20.7. The van der Waals surface area contributed by atoms with Crippen LogP contribution in [0.1, 0.15) is 26.2 Å². The van der Waals surface area contributed by atoms with Gasteiger partial charge in [-0.25, -0.2) is 4.79 Å². The molecule has 1 aromatic rings. The minimum atomic E-state index is -0.970. The van der Waals surface area contributed by atoms with E-state index in [9.17, 15) is 14.4 Å². The van der Waals surface area contributed by atoms with Gasteiger partial charge in [0.15, 0.2) is 5.79 Å². The van der Waals surface area contributed by atoms with E-state index in [2.05, 4.69) is 5.32 Å². The first-order valence-electron chi connectivity index (χ1n) is 10.1. The Morgan fingerprint density at radius 1 is 1.23 bits per heavy atom. The summed E-state index contributed by atoms with van der Waals surface area (Å²) in [5.74, 6) is -1.40. The largest absolute Gasteiger partial charge is 0.491 e. The third-order valence-electron chi connectivity index (χ3n) is 5.19. The van der Waals surface area contributed by atoms with Gasteiger partial charge in [-0.1, -0.05) is 18.2 Å². The molecule has 9 heteroatoms. The molecular weight excluding hydrogens is 392 g/mol. The van der Waals surface area contributed by atoms with E-state index in [1.54, 1.807) is 0 Å². The molecule has 1 aromatic carbocycles. The summed E-state index contributed by atoms with van der Waals surface area (Å²) in [5.41, 5.74) is 0. The molecule has 2 fully saturated rings. The van der Waals surface area contributed by atoms with Gasteiger partial charge in [0, 0.05) is 12.8 Å². The molecule has 30 heavy (non-hydrogen) atoms. The van der Waals surface area contributed by atoms with Crippen molar-refractivity contribution < 1.29 is 33.3 Å². The van der Waals surface area contributed by atoms with Gasteiger partial charge < -0.3 is 29.2 Å². The predicted octanol–water partition coefficient (Wildman–Crippen LogP) is 0.867. The lowest BCUT2D eigenvalue weighted by Crippen LogP contribution is -2.46. The highest BCUT2D eigenvalue weighted by molar-refractivity contribution is 5.89. The number of para-hydroxylation sites is 1. The van der Waals surface area contributed by atoms with Gasteiger partial charge >= 0.3 is 5.97 Å². The van der Waals surface area contributed by atoms with Gasteiger partial charge in [0.1, 0.15) is 11.8 Å². The summed E-state index contributed by atoms with van der Waals surface area (Å²) < 4.78 is 21.8. The fourth-order valence-electron chi connectivity index (χ4n) is 3.64. The molecule has 0 aromatic heterocycles. The zero-order valence-corrected chi connectivity index (χ0v) is 17.3. The first kappa shape index (κ1) is 22.0. The van der Waals surface area contributed by atoms with Crippen molar-refractivity contribution in [1.29, 1.82) is 0 Å². The van der Waals surface area contributed by atoms with Crippen LogP contribution in [0.4, 0.5) is 0 Å². The molecule has 0 saturated carbocycles. The van der Waals surface area contributed by atoms with Crippen LogP contribution in [-0.2, 0) is 28.6 Å². The summed E-state index contributed by atoms with van der Waals surface area (Å²) >= 11 is 0. The number of esters is 1. The minimum absolute atomic E-state index is 0.128. The van der Waals surface area contributed by atoms with E-state index < -0.39 is 17.8 Å². The second-order valence-corrected chi connectivity index (χ2v) is 7.43. The van der Waals surface area contributed by atoms with Crippen molar-refractivity contribution >= 4 is 17.8 Å². The summed E-state index contributed by atoms with van der Waals surface area (Å²) in [4.78, 5) is 38.3. The Morgan fingerprint density at radius 3 is 2.60 bits per heavy atom. The van der Waals surface area contributed by atoms with Crippen LogP contribution < -0.4 is 10.1 Å². The summed E-state index contributed by atoms with van der Waals surface area (Å²) in [5, 5.41) is 2.62. The Balaban J connectivity index is 1.45. The maximum Gasteiger partial charge on any atom is 0.328 e. The molecule has 2 amide bonds. The molecule has 164 valence electrons. The predicted molar refractivity (Wildman–Crippen MR) is 106 cm³/mol. The van der Waals surface area contributed by atoms with Crippen molar-refractivity contribution in [3.63, 3.8) is 0 Å². The fourth-order valence-corrected chi connectivity index (χ4v) is 3.64. The van der Waals surface area contributed by atoms with Gasteiger partial charge in [-0.15, -0.1) is 0 Å². The van der Waals surface area contributed by atoms with Gasteiger partial charge in [-0.3, -0.25) is 9.59 Å². The number of hydrogen-bond acceptors (Lipinski definition) is 7. The number of benzene rings is 1. The first-order valence-corrected chi connectivity index (χ1v) is 10.1. The van der Waals surface area contributed by atoms with Crippen LogP contribution in [0, 0.1) is 0 Å². The molecule has 0 bridgehead atoms. The molecule has 3 rings (SSSR count). The number of carbonyl (C=O) groups is 3. The second kappa shape index (κ2) is 9.90. The highest BCUT2D eigenvalue weighted by Gasteiger charge is 2.52. The SMILES string of the molecule is COC(=O)[C@@H]1CC2(CN1C(=O)CNC(=O)CCC(C)Oc1ccccc1)OCCO2. The van der Waals surface area contributed by atoms with Crippen molar-refractivity contribution in [3.8, 4) is 5.75 Å². The van der Waals surface area contributed by atoms with E-state index in [1.807, 2.05) is 37.3 Å². The maximum absolute atomic E-state index is 12.7. The van der Waals surface area contributed by atoms with Crippen molar-refractivity contribution in [3.05, 3.63) is 30.3 Å². The number of likely N-dealkylation sites (tertiary alicyclic amines) is 1. The van der Waals surface area contributed by atoms with Gasteiger partial charge in [-0.05, 0) is 25.5 Å². The number of amides is 2. The maximum atomic E-state index is 12.7. The Labute approximate surface area is 175 Å². The van der Waals surface area contributed by atoms with Crippen molar-refractivity contribution in [1.82, 2.24) is 10.2 Å². The second-order valence-electron chi connectivity index (χ2n) is 7.43. The van der Waals surface area contributed by atoms with Crippen molar-refractivity contribution in [2.75, 3.05) is 33.4 Å². The number of ether oxygens (including phenoxy) is 4. The van der Waals surface area contributed by atoms with Crippen LogP contribution in [0.3, 0.4) is 0 Å². The van der Waals surface area contributed by atoms with E-state index in [0.717, 1.165) is 5.75 Å². The molecule has 9 nitrogen and oxygen atoms in total. The molecule has 1 N–H and O–H groups in total. The number of rotatable bonds is 8. The summed E-state index contributed by atoms with van der Waals surface area (Å²) in [7, 11) is 1.27. The molecule has 2 heterocycles. The zero-order chi connectivity index (χ0) is 21.6. The Kier molecular flexibility index (Phi) is 7.28. The van der Waals surface area contributed by atoms with E-state index in [-0.39, 0.29) is 43.8 Å². The van der Waals surface area contributed by atoms with Crippen LogP contribution in [0.15, 0.2) is 30.3 Å². The van der Waals surface area contributed by atoms with E-state index in [0.29, 0.717) is 19.6 Å². The van der Waals surface area contributed by atoms with E-state index in [4.69, 9.17) is 18.9 Å². The lowest BCUT2D eigenvalue weighted by molar-refractivity contribution is -0.152. The fraction of sp³-hybridized carbons (Fsp3) is 0.571. The van der Waals surface area contributed by atoms with Gasteiger partial charge in [-0.2, -0.15) is 0 Å². The van der Waals surface area contributed by atoms with Gasteiger partial charge in [0.05, 0.1) is 39.5 Å². The third kappa shape index (κ3) is 5.48. The average molecular weight is 420 g/mol. The molecule has 2 saturated heterocycles. The summed E-state index contributed by atoms with van der Waals surface area (Å²) in [6.07, 6.45) is 0.799. The molecule has 2 aliphatic rings. The molecule has 2 aliphatic heterocycles. The van der Waals surface area contributed by atoms with E-state index >= 15 is 0 Å². The standard InChI is InChI=1S/C21H28N2O7/c1-15(30-16-6-4-3-5-7-16)8-9-18(24)22-13-19(25)23-14-21(28-10-11-29-21)12-17(23)20(26)27-2/h3-7,15,17H,8-14H2,1-2H3,(H,22,24)/t15?,17-/m0/s1. The Hall–Kier alpha value is -2.65. The van der Waals surface area contributed by atoms with Crippen LogP contribution in [0.2, 0.25) is 0 Å². The van der Waals surface area contributed by atoms with Crippen molar-refractivity contribution in [2.45, 2.75) is 44.1 Å². The summed E-state index contributed by atoms with van der Waals surface area (Å²) in [6.45, 7) is 2.63. The lowest BCUT2D eigenvalue weighted by atomic mass is 10.1. The first-order chi connectivity index (χ1) is 14.4. The molecular formula is C21H28N2O7. The number of carbonyl (C=O) groups excluding carboxylic acids is 3. The zero-order valence-electron chi connectivity index (χ0n) is 17.3. The molecule has 0 aliphatic carbocycles. The smallest absolute Gasteiger partial charge is 0.328 e. The van der Waals surface area contributed by atoms with Crippen molar-refractivity contribution in [2.24, 2.45) is 0 Å². The number of hydrogen-bond donors (Lipinski definition) is 1. The van der Waals surface area contributed by atoms with Gasteiger partial charge in [0.25, 0.3) is 0 Å². The molecule has 2 atom stereocenters. The van der Waals surface area contributed by atoms with E-state index in [1.165, 1.54) is 12.0 Å². The highest BCUT2D eigenvalue weighted by Crippen LogP contribution is 2.35. The summed E-state index contributed by atoms with van der Waals surface area (Å²) in [6, 6.07) is 8.58. The number of nitrogens with one attached hydrogen (secondary N) is 1. The molecule has 1 unspecified atom stereocenters. The quantitative estimate of drug-likeness (QED) is 0.623. The third-order valence-corrected chi connectivity index (χ3v) is 5.19. The average Bonchev–Trinajstić information content (AvgIpc) is 3.37. The van der Waals surface area contributed by atoms with Gasteiger partial charge in [0.2, 0.25) is 11.8 Å². The molecule has 1 spiro atoms.